The Hall–Kier alpha value is -3.80. The first-order valence-electron chi connectivity index (χ1n) is 11.6. The summed E-state index contributed by atoms with van der Waals surface area (Å²) < 4.78 is 21.8. The van der Waals surface area contributed by atoms with Gasteiger partial charge in [-0.2, -0.15) is 0 Å². The molecule has 0 spiro atoms. The van der Waals surface area contributed by atoms with E-state index in [0.717, 1.165) is 24.8 Å². The van der Waals surface area contributed by atoms with Gasteiger partial charge < -0.3 is 18.9 Å². The molecule has 3 aromatic carbocycles. The fourth-order valence-corrected chi connectivity index (χ4v) is 3.51. The van der Waals surface area contributed by atoms with E-state index >= 15 is 0 Å². The number of ether oxygens (including phenoxy) is 4. The van der Waals surface area contributed by atoms with E-state index < -0.39 is 12.3 Å². The normalized spacial score (nSPS) is 11.4. The molecule has 0 aliphatic carbocycles. The number of allylic oxidation sites excluding steroid dienone is 2. The van der Waals surface area contributed by atoms with Crippen LogP contribution in [0.3, 0.4) is 0 Å². The molecule has 0 unspecified atom stereocenters. The van der Waals surface area contributed by atoms with Gasteiger partial charge in [-0.05, 0) is 30.9 Å². The Morgan fingerprint density at radius 3 is 1.68 bits per heavy atom. The van der Waals surface area contributed by atoms with Crippen LogP contribution in [0.25, 0.3) is 21.5 Å². The first-order chi connectivity index (χ1) is 16.6. The summed E-state index contributed by atoms with van der Waals surface area (Å²) >= 11 is 0. The molecule has 6 nitrogen and oxygen atoms in total. The molecule has 0 bridgehead atoms. The lowest BCUT2D eigenvalue weighted by atomic mass is 9.98. The van der Waals surface area contributed by atoms with Crippen LogP contribution in [0.1, 0.15) is 39.2 Å². The maximum atomic E-state index is 12.5. The maximum Gasteiger partial charge on any atom is 0.514 e. The lowest BCUT2D eigenvalue weighted by Gasteiger charge is -2.16. The first-order valence-corrected chi connectivity index (χ1v) is 11.6. The van der Waals surface area contributed by atoms with Crippen molar-refractivity contribution in [3.8, 4) is 11.5 Å². The molecule has 0 saturated carbocycles. The van der Waals surface area contributed by atoms with E-state index in [1.165, 1.54) is 0 Å². The zero-order valence-electron chi connectivity index (χ0n) is 19.8. The minimum absolute atomic E-state index is 0.127. The van der Waals surface area contributed by atoms with Crippen molar-refractivity contribution in [1.29, 1.82) is 0 Å². The van der Waals surface area contributed by atoms with Crippen LogP contribution in [0.15, 0.2) is 66.8 Å². The predicted octanol–water partition coefficient (Wildman–Crippen LogP) is 7.52. The number of carbonyl (C=O) groups is 2. The monoisotopic (exact) mass is 462 g/mol. The summed E-state index contributed by atoms with van der Waals surface area (Å²) in [5.74, 6) is 0.710. The minimum atomic E-state index is -0.803. The molecule has 0 aromatic heterocycles. The topological polar surface area (TPSA) is 71.1 Å². The molecular weight excluding hydrogens is 432 g/mol. The van der Waals surface area contributed by atoms with Gasteiger partial charge in [0, 0.05) is 21.5 Å². The van der Waals surface area contributed by atoms with Crippen molar-refractivity contribution in [2.24, 2.45) is 0 Å². The van der Waals surface area contributed by atoms with Gasteiger partial charge in [-0.3, -0.25) is 0 Å². The lowest BCUT2D eigenvalue weighted by molar-refractivity contribution is 0.109. The highest BCUT2D eigenvalue weighted by molar-refractivity contribution is 6.12. The number of hydrogen-bond acceptors (Lipinski definition) is 6. The van der Waals surface area contributed by atoms with E-state index in [0.29, 0.717) is 33.0 Å². The van der Waals surface area contributed by atoms with Crippen LogP contribution >= 0.6 is 0 Å². The molecule has 0 atom stereocenters. The quantitative estimate of drug-likeness (QED) is 0.142. The molecule has 3 aromatic rings. The maximum absolute atomic E-state index is 12.5. The Morgan fingerprint density at radius 1 is 0.676 bits per heavy atom. The van der Waals surface area contributed by atoms with Crippen molar-refractivity contribution in [3.05, 3.63) is 72.3 Å². The van der Waals surface area contributed by atoms with Crippen LogP contribution in [-0.2, 0) is 15.9 Å². The second-order valence-electron chi connectivity index (χ2n) is 7.52. The molecule has 0 N–H and O–H groups in total. The average molecular weight is 463 g/mol. The fourth-order valence-electron chi connectivity index (χ4n) is 3.51. The molecule has 0 fully saturated rings. The molecule has 0 aliphatic heterocycles. The van der Waals surface area contributed by atoms with Crippen molar-refractivity contribution >= 4 is 33.9 Å². The Kier molecular flexibility index (Phi) is 9.09. The highest BCUT2D eigenvalue weighted by Gasteiger charge is 2.21. The Morgan fingerprint density at radius 2 is 1.18 bits per heavy atom. The first kappa shape index (κ1) is 24.8. The highest BCUT2D eigenvalue weighted by atomic mass is 16.7. The zero-order valence-corrected chi connectivity index (χ0v) is 19.8. The second-order valence-corrected chi connectivity index (χ2v) is 7.52. The van der Waals surface area contributed by atoms with Crippen LogP contribution in [0.4, 0.5) is 9.59 Å². The smallest absolute Gasteiger partial charge is 0.430 e. The molecular formula is C28H30O6. The molecule has 0 heterocycles. The van der Waals surface area contributed by atoms with Gasteiger partial charge >= 0.3 is 12.3 Å². The third-order valence-corrected chi connectivity index (χ3v) is 5.17. The number of fused-ring (bicyclic) bond motifs is 2. The number of aryl methyl sites for hydroxylation is 1. The van der Waals surface area contributed by atoms with Crippen molar-refractivity contribution in [1.82, 2.24) is 0 Å². The van der Waals surface area contributed by atoms with Gasteiger partial charge in [0.05, 0.1) is 0 Å². The van der Waals surface area contributed by atoms with E-state index in [1.54, 1.807) is 12.2 Å². The van der Waals surface area contributed by atoms with Crippen molar-refractivity contribution in [2.75, 3.05) is 13.2 Å². The standard InChI is InChI=1S/C28H30O6/c1-4-7-11-17-31-27(29)33-25-21-13-9-10-14-22(21)26(34-28(30)32-18-12-8-5-2)24-19-20(6-3)15-16-23(24)25/h7-16,19H,4-6,17-18H2,1-3H3/b11-7+,12-8+. The Labute approximate surface area is 199 Å². The average Bonchev–Trinajstić information content (AvgIpc) is 2.86. The van der Waals surface area contributed by atoms with Gasteiger partial charge in [0.1, 0.15) is 24.7 Å². The molecule has 0 radical (unpaired) electrons. The summed E-state index contributed by atoms with van der Waals surface area (Å²) in [5, 5.41) is 2.52. The number of benzene rings is 3. The largest absolute Gasteiger partial charge is 0.514 e. The summed E-state index contributed by atoms with van der Waals surface area (Å²) in [6.45, 7) is 6.29. The lowest BCUT2D eigenvalue weighted by Crippen LogP contribution is -2.13. The van der Waals surface area contributed by atoms with Crippen LogP contribution in [0.2, 0.25) is 0 Å². The number of rotatable bonds is 9. The summed E-state index contributed by atoms with van der Waals surface area (Å²) in [6, 6.07) is 13.0. The number of carbonyl (C=O) groups excluding carboxylic acids is 2. The van der Waals surface area contributed by atoms with E-state index in [1.807, 2.05) is 75.4 Å². The van der Waals surface area contributed by atoms with Crippen molar-refractivity contribution in [2.45, 2.75) is 40.0 Å². The van der Waals surface area contributed by atoms with Gasteiger partial charge in [0.2, 0.25) is 0 Å². The highest BCUT2D eigenvalue weighted by Crippen LogP contribution is 2.43. The Bertz CT molecular complexity index is 1210. The minimum Gasteiger partial charge on any atom is -0.430 e. The van der Waals surface area contributed by atoms with Gasteiger partial charge in [-0.1, -0.05) is 81.5 Å². The Balaban J connectivity index is 2.05. The molecule has 0 aliphatic rings. The molecule has 0 saturated heterocycles. The summed E-state index contributed by atoms with van der Waals surface area (Å²) in [6.07, 6.45) is 8.25. The van der Waals surface area contributed by atoms with Gasteiger partial charge in [-0.15, -0.1) is 0 Å². The van der Waals surface area contributed by atoms with Crippen LogP contribution in [-0.4, -0.2) is 25.5 Å². The van der Waals surface area contributed by atoms with Crippen LogP contribution < -0.4 is 9.47 Å². The molecule has 178 valence electrons. The van der Waals surface area contributed by atoms with Gasteiger partial charge in [0.15, 0.2) is 0 Å². The van der Waals surface area contributed by atoms with Crippen molar-refractivity contribution in [3.63, 3.8) is 0 Å². The zero-order chi connectivity index (χ0) is 24.3. The number of hydrogen-bond donors (Lipinski definition) is 0. The third kappa shape index (κ3) is 6.16. The molecule has 34 heavy (non-hydrogen) atoms. The molecule has 6 heteroatoms. The summed E-state index contributed by atoms with van der Waals surface area (Å²) in [7, 11) is 0. The summed E-state index contributed by atoms with van der Waals surface area (Å²) in [4.78, 5) is 24.9. The fraction of sp³-hybridized carbons (Fsp3) is 0.286. The van der Waals surface area contributed by atoms with E-state index in [4.69, 9.17) is 18.9 Å². The predicted molar refractivity (Wildman–Crippen MR) is 134 cm³/mol. The van der Waals surface area contributed by atoms with Crippen molar-refractivity contribution < 1.29 is 28.5 Å². The summed E-state index contributed by atoms with van der Waals surface area (Å²) in [5.41, 5.74) is 1.05. The van der Waals surface area contributed by atoms with Gasteiger partial charge in [0.25, 0.3) is 0 Å². The van der Waals surface area contributed by atoms with Crippen LogP contribution in [0.5, 0.6) is 11.5 Å². The van der Waals surface area contributed by atoms with E-state index in [9.17, 15) is 9.59 Å². The third-order valence-electron chi connectivity index (χ3n) is 5.17. The SMILES string of the molecule is CC/C=C/COC(=O)Oc1c2ccccc2c(OC(=O)OC/C=C/CC)c2cc(CC)ccc12. The molecule has 0 amide bonds. The van der Waals surface area contributed by atoms with E-state index in [-0.39, 0.29) is 13.2 Å². The second kappa shape index (κ2) is 12.4. The molecule has 3 rings (SSSR count). The van der Waals surface area contributed by atoms with Gasteiger partial charge in [-0.25, -0.2) is 9.59 Å². The van der Waals surface area contributed by atoms with Crippen LogP contribution in [0, 0.1) is 0 Å². The van der Waals surface area contributed by atoms with E-state index in [2.05, 4.69) is 0 Å².